The second-order valence-electron chi connectivity index (χ2n) is 6.74. The van der Waals surface area contributed by atoms with E-state index in [-0.39, 0.29) is 0 Å². The monoisotopic (exact) mass is 248 g/mol. The predicted molar refractivity (Wildman–Crippen MR) is 70.2 cm³/mol. The number of nitrogens with zero attached hydrogens (tertiary/aromatic N) is 2. The van der Waals surface area contributed by atoms with Gasteiger partial charge in [0.2, 0.25) is 5.91 Å². The molecule has 4 heterocycles. The molecule has 4 rings (SSSR count). The van der Waals surface area contributed by atoms with Crippen molar-refractivity contribution in [1.82, 2.24) is 9.80 Å². The van der Waals surface area contributed by atoms with Crippen molar-refractivity contribution < 1.29 is 4.79 Å². The first-order valence-electron chi connectivity index (χ1n) is 7.88. The zero-order valence-electron chi connectivity index (χ0n) is 11.2. The first-order valence-corrected chi connectivity index (χ1v) is 7.88. The van der Waals surface area contributed by atoms with Crippen molar-refractivity contribution in [3.8, 4) is 0 Å². The molecule has 4 saturated heterocycles. The lowest BCUT2D eigenvalue weighted by atomic mass is 9.68. The van der Waals surface area contributed by atoms with Crippen LogP contribution >= 0.6 is 0 Å². The van der Waals surface area contributed by atoms with E-state index in [2.05, 4.69) is 9.80 Å². The summed E-state index contributed by atoms with van der Waals surface area (Å²) >= 11 is 0. The molecule has 4 aliphatic heterocycles. The van der Waals surface area contributed by atoms with Crippen LogP contribution in [0.1, 0.15) is 44.9 Å². The minimum Gasteiger partial charge on any atom is -0.339 e. The van der Waals surface area contributed by atoms with Gasteiger partial charge in [-0.2, -0.15) is 0 Å². The van der Waals surface area contributed by atoms with Crippen LogP contribution in [0, 0.1) is 11.8 Å². The maximum Gasteiger partial charge on any atom is 0.222 e. The van der Waals surface area contributed by atoms with Gasteiger partial charge in [-0.15, -0.1) is 0 Å². The van der Waals surface area contributed by atoms with Crippen molar-refractivity contribution in [3.05, 3.63) is 0 Å². The van der Waals surface area contributed by atoms with Gasteiger partial charge in [-0.05, 0) is 63.5 Å². The Kier molecular flexibility index (Phi) is 2.65. The molecule has 0 bridgehead atoms. The molecule has 0 saturated carbocycles. The molecule has 100 valence electrons. The van der Waals surface area contributed by atoms with E-state index in [1.807, 2.05) is 0 Å². The highest BCUT2D eigenvalue weighted by Gasteiger charge is 2.50. The highest BCUT2D eigenvalue weighted by atomic mass is 16.2. The maximum absolute atomic E-state index is 12.2. The number of hydrogen-bond acceptors (Lipinski definition) is 2. The van der Waals surface area contributed by atoms with Gasteiger partial charge in [-0.1, -0.05) is 0 Å². The van der Waals surface area contributed by atoms with E-state index in [4.69, 9.17) is 0 Å². The van der Waals surface area contributed by atoms with Gasteiger partial charge < -0.3 is 4.90 Å². The summed E-state index contributed by atoms with van der Waals surface area (Å²) in [6, 6.07) is 1.41. The van der Waals surface area contributed by atoms with Crippen molar-refractivity contribution in [2.45, 2.75) is 57.0 Å². The Balaban J connectivity index is 1.66. The van der Waals surface area contributed by atoms with Gasteiger partial charge in [-0.25, -0.2) is 0 Å². The van der Waals surface area contributed by atoms with Gasteiger partial charge in [0, 0.05) is 25.0 Å². The summed E-state index contributed by atoms with van der Waals surface area (Å²) < 4.78 is 0. The Bertz CT molecular complexity index is 354. The molecule has 0 aliphatic carbocycles. The van der Waals surface area contributed by atoms with Crippen molar-refractivity contribution in [1.29, 1.82) is 0 Å². The summed E-state index contributed by atoms with van der Waals surface area (Å²) in [4.78, 5) is 17.2. The van der Waals surface area contributed by atoms with Crippen LogP contribution in [-0.4, -0.2) is 47.4 Å². The van der Waals surface area contributed by atoms with E-state index in [9.17, 15) is 4.79 Å². The van der Waals surface area contributed by atoms with Gasteiger partial charge in [0.15, 0.2) is 0 Å². The molecule has 3 nitrogen and oxygen atoms in total. The van der Waals surface area contributed by atoms with Gasteiger partial charge >= 0.3 is 0 Å². The van der Waals surface area contributed by atoms with Crippen LogP contribution in [0.2, 0.25) is 0 Å². The lowest BCUT2D eigenvalue weighted by molar-refractivity contribution is -0.150. The molecule has 0 N–H and O–H groups in total. The predicted octanol–water partition coefficient (Wildman–Crippen LogP) is 1.87. The second-order valence-corrected chi connectivity index (χ2v) is 6.74. The average Bonchev–Trinajstić information content (AvgIpc) is 2.41. The summed E-state index contributed by atoms with van der Waals surface area (Å²) in [5, 5.41) is 0. The minimum absolute atomic E-state index is 0.451. The van der Waals surface area contributed by atoms with Crippen LogP contribution in [0.5, 0.6) is 0 Å². The smallest absolute Gasteiger partial charge is 0.222 e. The molecule has 0 aromatic carbocycles. The summed E-state index contributed by atoms with van der Waals surface area (Å²) in [5.74, 6) is 2.02. The van der Waals surface area contributed by atoms with E-state index >= 15 is 0 Å². The quantitative estimate of drug-likeness (QED) is 0.653. The van der Waals surface area contributed by atoms with E-state index < -0.39 is 0 Å². The Labute approximate surface area is 110 Å². The molecule has 1 amide bonds. The third-order valence-corrected chi connectivity index (χ3v) is 5.88. The van der Waals surface area contributed by atoms with Crippen molar-refractivity contribution >= 4 is 5.91 Å². The van der Waals surface area contributed by atoms with E-state index in [1.54, 1.807) is 0 Å². The Hall–Kier alpha value is -0.570. The Morgan fingerprint density at radius 3 is 2.72 bits per heavy atom. The molecule has 4 aliphatic rings. The lowest BCUT2D eigenvalue weighted by Crippen LogP contribution is -2.66. The van der Waals surface area contributed by atoms with E-state index in [0.29, 0.717) is 11.9 Å². The highest BCUT2D eigenvalue weighted by Crippen LogP contribution is 2.44. The number of fused-ring (bicyclic) bond motifs is 2. The Morgan fingerprint density at radius 2 is 1.83 bits per heavy atom. The molecule has 0 radical (unpaired) electrons. The van der Waals surface area contributed by atoms with Gasteiger partial charge in [0.1, 0.15) is 0 Å². The first kappa shape index (κ1) is 11.3. The molecule has 3 heteroatoms. The molecule has 1 unspecified atom stereocenters. The highest BCUT2D eigenvalue weighted by molar-refractivity contribution is 5.77. The molecule has 4 fully saturated rings. The molecular weight excluding hydrogens is 224 g/mol. The minimum atomic E-state index is 0.451. The van der Waals surface area contributed by atoms with Gasteiger partial charge in [0.25, 0.3) is 0 Å². The van der Waals surface area contributed by atoms with Gasteiger partial charge in [-0.3, -0.25) is 9.69 Å². The van der Waals surface area contributed by atoms with Crippen LogP contribution in [0.15, 0.2) is 0 Å². The van der Waals surface area contributed by atoms with Crippen LogP contribution < -0.4 is 0 Å². The zero-order chi connectivity index (χ0) is 12.1. The Morgan fingerprint density at radius 1 is 1.00 bits per heavy atom. The standard InChI is InChI=1S/C15H24N2O/c18-14-7-1-6-13-12-5-3-9-16-8-2-4-11(15(12)16)10-17(13)14/h11-13,15H,1-10H2/t11-,12-,13?,15-/m0/s1. The average molecular weight is 248 g/mol. The fourth-order valence-corrected chi connectivity index (χ4v) is 5.26. The van der Waals surface area contributed by atoms with E-state index in [1.165, 1.54) is 45.2 Å². The van der Waals surface area contributed by atoms with Crippen LogP contribution in [0.25, 0.3) is 0 Å². The van der Waals surface area contributed by atoms with Crippen molar-refractivity contribution in [2.75, 3.05) is 19.6 Å². The second kappa shape index (κ2) is 4.22. The number of amides is 1. The van der Waals surface area contributed by atoms with E-state index in [0.717, 1.165) is 37.3 Å². The van der Waals surface area contributed by atoms with Crippen LogP contribution in [-0.2, 0) is 4.79 Å². The SMILES string of the molecule is O=C1CCCC2[C@@H]3CCCN4CCC[C@@H](CN12)[C@@H]34. The first-order chi connectivity index (χ1) is 8.84. The molecule has 0 spiro atoms. The zero-order valence-corrected chi connectivity index (χ0v) is 11.2. The molecule has 4 atom stereocenters. The summed E-state index contributed by atoms with van der Waals surface area (Å²) in [6.45, 7) is 3.71. The fraction of sp³-hybridized carbons (Fsp3) is 0.933. The summed E-state index contributed by atoms with van der Waals surface area (Å²) in [7, 11) is 0. The number of rotatable bonds is 0. The third kappa shape index (κ3) is 1.56. The number of carbonyl (C=O) groups excluding carboxylic acids is 1. The largest absolute Gasteiger partial charge is 0.339 e. The molecule has 0 aromatic heterocycles. The fourth-order valence-electron chi connectivity index (χ4n) is 5.26. The molecule has 0 aromatic rings. The number of carbonyl (C=O) groups is 1. The number of hydrogen-bond donors (Lipinski definition) is 0. The van der Waals surface area contributed by atoms with Crippen LogP contribution in [0.4, 0.5) is 0 Å². The summed E-state index contributed by atoms with van der Waals surface area (Å²) in [6.07, 6.45) is 8.64. The van der Waals surface area contributed by atoms with Gasteiger partial charge in [0.05, 0.1) is 0 Å². The summed E-state index contributed by atoms with van der Waals surface area (Å²) in [5.41, 5.74) is 0. The van der Waals surface area contributed by atoms with Crippen LogP contribution in [0.3, 0.4) is 0 Å². The third-order valence-electron chi connectivity index (χ3n) is 5.88. The number of piperidine rings is 4. The maximum atomic E-state index is 12.2. The normalized spacial score (nSPS) is 44.4. The van der Waals surface area contributed by atoms with Crippen molar-refractivity contribution in [2.24, 2.45) is 11.8 Å². The van der Waals surface area contributed by atoms with Crippen molar-refractivity contribution in [3.63, 3.8) is 0 Å². The topological polar surface area (TPSA) is 23.6 Å². The molecular formula is C15H24N2O. The lowest BCUT2D eigenvalue weighted by Gasteiger charge is -2.58. The molecule has 18 heavy (non-hydrogen) atoms.